The van der Waals surface area contributed by atoms with Gasteiger partial charge in [0.15, 0.2) is 0 Å². The molecule has 3 nitrogen and oxygen atoms in total. The van der Waals surface area contributed by atoms with E-state index in [0.717, 1.165) is 21.3 Å². The number of rotatable bonds is 2. The van der Waals surface area contributed by atoms with E-state index in [1.807, 2.05) is 31.2 Å². The molecule has 0 amide bonds. The fourth-order valence-electron chi connectivity index (χ4n) is 1.51. The summed E-state index contributed by atoms with van der Waals surface area (Å²) in [6, 6.07) is 8.07. The van der Waals surface area contributed by atoms with Crippen LogP contribution in [0.3, 0.4) is 0 Å². The quantitative estimate of drug-likeness (QED) is 0.907. The maximum Gasteiger partial charge on any atom is 0.240 e. The van der Waals surface area contributed by atoms with E-state index < -0.39 is 0 Å². The normalized spacial score (nSPS) is 10.3. The van der Waals surface area contributed by atoms with Gasteiger partial charge < -0.3 is 4.74 Å². The van der Waals surface area contributed by atoms with Gasteiger partial charge in [-0.25, -0.2) is 0 Å². The fourth-order valence-corrected chi connectivity index (χ4v) is 1.78. The molecule has 0 fully saturated rings. The molecule has 0 radical (unpaired) electrons. The van der Waals surface area contributed by atoms with Crippen LogP contribution < -0.4 is 4.74 Å². The lowest BCUT2D eigenvalue weighted by atomic mass is 10.1. The van der Waals surface area contributed by atoms with E-state index in [1.54, 1.807) is 7.11 Å². The number of ether oxygens (including phenoxy) is 1. The number of benzene rings is 1. The largest absolute Gasteiger partial charge is 0.479 e. The Bertz CT molecular complexity index is 462. The van der Waals surface area contributed by atoms with Crippen LogP contribution in [0.15, 0.2) is 28.7 Å². The van der Waals surface area contributed by atoms with Gasteiger partial charge >= 0.3 is 0 Å². The zero-order valence-corrected chi connectivity index (χ0v) is 10.1. The molecule has 0 saturated heterocycles. The number of halogens is 1. The minimum atomic E-state index is 0.634. The van der Waals surface area contributed by atoms with Gasteiger partial charge in [0.1, 0.15) is 0 Å². The minimum absolute atomic E-state index is 0.634. The summed E-state index contributed by atoms with van der Waals surface area (Å²) in [5, 5.41) is 6.99. The van der Waals surface area contributed by atoms with Crippen LogP contribution in [0.1, 0.15) is 5.69 Å². The molecule has 0 saturated carbocycles. The van der Waals surface area contributed by atoms with Crippen LogP contribution in [-0.2, 0) is 0 Å². The monoisotopic (exact) mass is 266 g/mol. The molecule has 78 valence electrons. The Labute approximate surface area is 96.6 Å². The third kappa shape index (κ3) is 1.90. The maximum atomic E-state index is 5.20. The molecule has 1 heterocycles. The molecule has 4 heteroatoms. The van der Waals surface area contributed by atoms with Crippen molar-refractivity contribution in [1.82, 2.24) is 10.2 Å². The van der Waals surface area contributed by atoms with Gasteiger partial charge in [-0.2, -0.15) is 0 Å². The Morgan fingerprint density at radius 2 is 1.93 bits per heavy atom. The summed E-state index contributed by atoms with van der Waals surface area (Å²) in [5.41, 5.74) is 3.13. The van der Waals surface area contributed by atoms with Crippen molar-refractivity contribution in [2.24, 2.45) is 0 Å². The second-order valence-electron chi connectivity index (χ2n) is 3.24. The van der Waals surface area contributed by atoms with Crippen LogP contribution in [0.5, 0.6) is 5.88 Å². The number of hydrogen-bond donors (Lipinski definition) is 1. The summed E-state index contributed by atoms with van der Waals surface area (Å²) in [5.74, 6) is 0.634. The molecular formula is C11H11BrN2O. The second kappa shape index (κ2) is 4.06. The van der Waals surface area contributed by atoms with Crippen LogP contribution in [0, 0.1) is 6.92 Å². The van der Waals surface area contributed by atoms with Crippen molar-refractivity contribution < 1.29 is 4.74 Å². The number of nitrogens with one attached hydrogen (secondary N) is 1. The van der Waals surface area contributed by atoms with Gasteiger partial charge in [-0.15, -0.1) is 5.10 Å². The number of methoxy groups -OCH3 is 1. The van der Waals surface area contributed by atoms with Gasteiger partial charge in [-0.05, 0) is 24.6 Å². The summed E-state index contributed by atoms with van der Waals surface area (Å²) in [4.78, 5) is 0. The van der Waals surface area contributed by atoms with E-state index in [0.29, 0.717) is 5.88 Å². The topological polar surface area (TPSA) is 37.9 Å². The van der Waals surface area contributed by atoms with Crippen molar-refractivity contribution >= 4 is 15.9 Å². The van der Waals surface area contributed by atoms with Gasteiger partial charge in [-0.3, -0.25) is 5.10 Å². The van der Waals surface area contributed by atoms with Crippen molar-refractivity contribution in [2.75, 3.05) is 7.11 Å². The summed E-state index contributed by atoms with van der Waals surface area (Å²) >= 11 is 3.41. The Hall–Kier alpha value is -1.29. The number of aromatic amines is 1. The molecule has 0 aliphatic heterocycles. The van der Waals surface area contributed by atoms with Gasteiger partial charge in [-0.1, -0.05) is 28.1 Å². The SMILES string of the molecule is COc1n[nH]c(C)c1-c1ccc(Br)cc1. The zero-order valence-electron chi connectivity index (χ0n) is 8.54. The molecule has 0 aliphatic rings. The number of hydrogen-bond acceptors (Lipinski definition) is 2. The first kappa shape index (κ1) is 10.2. The molecule has 1 aromatic heterocycles. The highest BCUT2D eigenvalue weighted by atomic mass is 79.9. The van der Waals surface area contributed by atoms with Crippen LogP contribution in [-0.4, -0.2) is 17.3 Å². The first-order valence-corrected chi connectivity index (χ1v) is 5.36. The smallest absolute Gasteiger partial charge is 0.240 e. The third-order valence-corrected chi connectivity index (χ3v) is 2.77. The first-order valence-electron chi connectivity index (χ1n) is 4.57. The average molecular weight is 267 g/mol. The predicted molar refractivity (Wildman–Crippen MR) is 63.0 cm³/mol. The highest BCUT2D eigenvalue weighted by molar-refractivity contribution is 9.10. The minimum Gasteiger partial charge on any atom is -0.479 e. The Morgan fingerprint density at radius 3 is 2.53 bits per heavy atom. The molecule has 0 atom stereocenters. The van der Waals surface area contributed by atoms with Crippen LogP contribution in [0.4, 0.5) is 0 Å². The zero-order chi connectivity index (χ0) is 10.8. The molecule has 0 spiro atoms. The van der Waals surface area contributed by atoms with E-state index in [4.69, 9.17) is 4.74 Å². The molecule has 1 N–H and O–H groups in total. The molecule has 15 heavy (non-hydrogen) atoms. The van der Waals surface area contributed by atoms with Gasteiger partial charge in [0.05, 0.1) is 12.7 Å². The predicted octanol–water partition coefficient (Wildman–Crippen LogP) is 3.16. The van der Waals surface area contributed by atoms with Crippen molar-refractivity contribution in [2.45, 2.75) is 6.92 Å². The van der Waals surface area contributed by atoms with E-state index >= 15 is 0 Å². The van der Waals surface area contributed by atoms with E-state index in [-0.39, 0.29) is 0 Å². The second-order valence-corrected chi connectivity index (χ2v) is 4.16. The molecule has 0 unspecified atom stereocenters. The standard InChI is InChI=1S/C11H11BrN2O/c1-7-10(11(15-2)14-13-7)8-3-5-9(12)6-4-8/h3-6H,1-2H3,(H,13,14). The summed E-state index contributed by atoms with van der Waals surface area (Å²) < 4.78 is 6.26. The molecule has 2 rings (SSSR count). The lowest BCUT2D eigenvalue weighted by Crippen LogP contribution is -1.86. The Morgan fingerprint density at radius 1 is 1.27 bits per heavy atom. The van der Waals surface area contributed by atoms with Crippen molar-refractivity contribution in [1.29, 1.82) is 0 Å². The summed E-state index contributed by atoms with van der Waals surface area (Å²) in [6.45, 7) is 1.98. The van der Waals surface area contributed by atoms with Crippen LogP contribution >= 0.6 is 15.9 Å². The molecule has 2 aromatic rings. The van der Waals surface area contributed by atoms with Gasteiger partial charge in [0.25, 0.3) is 0 Å². The average Bonchev–Trinajstić information content (AvgIpc) is 2.61. The third-order valence-electron chi connectivity index (χ3n) is 2.24. The van der Waals surface area contributed by atoms with E-state index in [9.17, 15) is 0 Å². The summed E-state index contributed by atoms with van der Waals surface area (Å²) in [6.07, 6.45) is 0. The molecule has 1 aromatic carbocycles. The number of H-pyrrole nitrogens is 1. The summed E-state index contributed by atoms with van der Waals surface area (Å²) in [7, 11) is 1.62. The molecular weight excluding hydrogens is 256 g/mol. The lowest BCUT2D eigenvalue weighted by molar-refractivity contribution is 0.398. The van der Waals surface area contributed by atoms with Gasteiger partial charge in [0, 0.05) is 10.2 Å². The molecule has 0 bridgehead atoms. The van der Waals surface area contributed by atoms with E-state index in [1.165, 1.54) is 0 Å². The Kier molecular flexibility index (Phi) is 2.77. The van der Waals surface area contributed by atoms with E-state index in [2.05, 4.69) is 26.1 Å². The number of aryl methyl sites for hydroxylation is 1. The maximum absolute atomic E-state index is 5.20. The van der Waals surface area contributed by atoms with Crippen LogP contribution in [0.25, 0.3) is 11.1 Å². The van der Waals surface area contributed by atoms with Crippen molar-refractivity contribution in [3.05, 3.63) is 34.4 Å². The van der Waals surface area contributed by atoms with Gasteiger partial charge in [0.2, 0.25) is 5.88 Å². The highest BCUT2D eigenvalue weighted by Crippen LogP contribution is 2.31. The highest BCUT2D eigenvalue weighted by Gasteiger charge is 2.12. The number of aromatic nitrogens is 2. The lowest BCUT2D eigenvalue weighted by Gasteiger charge is -2.02. The fraction of sp³-hybridized carbons (Fsp3) is 0.182. The van der Waals surface area contributed by atoms with Crippen molar-refractivity contribution in [3.63, 3.8) is 0 Å². The number of nitrogens with zero attached hydrogens (tertiary/aromatic N) is 1. The molecule has 0 aliphatic carbocycles. The first-order chi connectivity index (χ1) is 7.22. The Balaban J connectivity index is 2.52. The van der Waals surface area contributed by atoms with Crippen molar-refractivity contribution in [3.8, 4) is 17.0 Å². The van der Waals surface area contributed by atoms with Crippen LogP contribution in [0.2, 0.25) is 0 Å².